The van der Waals surface area contributed by atoms with Crippen molar-refractivity contribution in [2.75, 3.05) is 25.7 Å². The van der Waals surface area contributed by atoms with Crippen LogP contribution in [0.4, 0.5) is 0 Å². The molecule has 2 atom stereocenters. The standard InChI is InChI=1S/C21H25ClO4/c1-21(2,15-3-7-17(8-4-15)24-13-20-14-25-20)16-5-9-18(10-6-16)26-19(11-22)12-23/h3-10,19-20,23H,11-14H2,1-2H3. The van der Waals surface area contributed by atoms with Crippen molar-refractivity contribution >= 4 is 11.6 Å². The van der Waals surface area contributed by atoms with Crippen LogP contribution >= 0.6 is 11.6 Å². The highest BCUT2D eigenvalue weighted by molar-refractivity contribution is 6.18. The molecule has 4 nitrogen and oxygen atoms in total. The third-order valence-electron chi connectivity index (χ3n) is 4.67. The lowest BCUT2D eigenvalue weighted by Gasteiger charge is -2.26. The molecule has 1 aliphatic heterocycles. The Kier molecular flexibility index (Phi) is 6.07. The Morgan fingerprint density at radius 1 is 1.08 bits per heavy atom. The molecule has 1 aliphatic rings. The van der Waals surface area contributed by atoms with Crippen LogP contribution in [-0.4, -0.2) is 43.0 Å². The summed E-state index contributed by atoms with van der Waals surface area (Å²) in [5, 5.41) is 9.19. The second-order valence-corrected chi connectivity index (χ2v) is 7.33. The number of rotatable bonds is 9. The maximum absolute atomic E-state index is 9.19. The van der Waals surface area contributed by atoms with Crippen molar-refractivity contribution in [2.45, 2.75) is 31.5 Å². The lowest BCUT2D eigenvalue weighted by molar-refractivity contribution is 0.132. The van der Waals surface area contributed by atoms with Crippen molar-refractivity contribution in [1.29, 1.82) is 0 Å². The van der Waals surface area contributed by atoms with E-state index in [9.17, 15) is 5.11 Å². The van der Waals surface area contributed by atoms with Crippen molar-refractivity contribution in [2.24, 2.45) is 0 Å². The number of hydrogen-bond donors (Lipinski definition) is 1. The first kappa shape index (κ1) is 19.0. The molecule has 3 rings (SSSR count). The van der Waals surface area contributed by atoms with E-state index in [1.165, 1.54) is 11.1 Å². The van der Waals surface area contributed by atoms with Gasteiger partial charge in [-0.15, -0.1) is 11.6 Å². The average molecular weight is 377 g/mol. The second kappa shape index (κ2) is 8.30. The molecule has 1 N–H and O–H groups in total. The minimum Gasteiger partial charge on any atom is -0.491 e. The van der Waals surface area contributed by atoms with Gasteiger partial charge in [0, 0.05) is 5.41 Å². The monoisotopic (exact) mass is 376 g/mol. The van der Waals surface area contributed by atoms with Gasteiger partial charge in [-0.1, -0.05) is 38.1 Å². The Balaban J connectivity index is 1.68. The minimum absolute atomic E-state index is 0.0992. The SMILES string of the molecule is CC(C)(c1ccc(OCC2CO2)cc1)c1ccc(OC(CO)CCl)cc1. The Labute approximate surface area is 159 Å². The highest BCUT2D eigenvalue weighted by Crippen LogP contribution is 2.33. The fraction of sp³-hybridized carbons (Fsp3) is 0.429. The van der Waals surface area contributed by atoms with Crippen molar-refractivity contribution in [1.82, 2.24) is 0 Å². The number of aliphatic hydroxyl groups is 1. The predicted molar refractivity (Wildman–Crippen MR) is 102 cm³/mol. The number of hydrogen-bond acceptors (Lipinski definition) is 4. The fourth-order valence-electron chi connectivity index (χ4n) is 2.75. The van der Waals surface area contributed by atoms with Gasteiger partial charge in [-0.05, 0) is 35.4 Å². The number of aliphatic hydroxyl groups excluding tert-OH is 1. The molecule has 0 saturated carbocycles. The van der Waals surface area contributed by atoms with Crippen LogP contribution in [0.3, 0.4) is 0 Å². The smallest absolute Gasteiger partial charge is 0.135 e. The van der Waals surface area contributed by atoms with Crippen molar-refractivity contribution in [3.8, 4) is 11.5 Å². The summed E-state index contributed by atoms with van der Waals surface area (Å²) < 4.78 is 16.5. The Hall–Kier alpha value is -1.75. The van der Waals surface area contributed by atoms with E-state index in [0.29, 0.717) is 12.4 Å². The van der Waals surface area contributed by atoms with Crippen LogP contribution < -0.4 is 9.47 Å². The maximum Gasteiger partial charge on any atom is 0.135 e. The van der Waals surface area contributed by atoms with Gasteiger partial charge in [-0.3, -0.25) is 0 Å². The molecule has 0 spiro atoms. The molecule has 2 unspecified atom stereocenters. The van der Waals surface area contributed by atoms with Crippen LogP contribution in [-0.2, 0) is 10.2 Å². The molecule has 0 radical (unpaired) electrons. The van der Waals surface area contributed by atoms with Crippen LogP contribution in [0.25, 0.3) is 0 Å². The zero-order valence-corrected chi connectivity index (χ0v) is 15.9. The zero-order valence-electron chi connectivity index (χ0n) is 15.2. The summed E-state index contributed by atoms with van der Waals surface area (Å²) in [5.74, 6) is 1.82. The van der Waals surface area contributed by atoms with Gasteiger partial charge in [0.15, 0.2) is 0 Å². The van der Waals surface area contributed by atoms with Gasteiger partial charge >= 0.3 is 0 Å². The van der Waals surface area contributed by atoms with E-state index in [-0.39, 0.29) is 30.1 Å². The van der Waals surface area contributed by atoms with E-state index in [1.807, 2.05) is 36.4 Å². The highest BCUT2D eigenvalue weighted by Gasteiger charge is 2.25. The number of alkyl halides is 1. The number of benzene rings is 2. The summed E-state index contributed by atoms with van der Waals surface area (Å²) >= 11 is 5.76. The van der Waals surface area contributed by atoms with Gasteiger partial charge in [0.1, 0.15) is 30.3 Å². The van der Waals surface area contributed by atoms with E-state index in [4.69, 9.17) is 25.8 Å². The van der Waals surface area contributed by atoms with Gasteiger partial charge in [0.2, 0.25) is 0 Å². The molecule has 2 aromatic rings. The van der Waals surface area contributed by atoms with Crippen LogP contribution in [0.15, 0.2) is 48.5 Å². The molecular weight excluding hydrogens is 352 g/mol. The third kappa shape index (κ3) is 4.70. The van der Waals surface area contributed by atoms with Crippen molar-refractivity contribution in [3.63, 3.8) is 0 Å². The van der Waals surface area contributed by atoms with E-state index in [0.717, 1.165) is 12.4 Å². The zero-order chi connectivity index (χ0) is 18.6. The summed E-state index contributed by atoms with van der Waals surface area (Å²) in [5.41, 5.74) is 2.23. The lowest BCUT2D eigenvalue weighted by Crippen LogP contribution is -2.23. The van der Waals surface area contributed by atoms with Crippen LogP contribution in [0.5, 0.6) is 11.5 Å². The van der Waals surface area contributed by atoms with Gasteiger partial charge in [0.05, 0.1) is 19.1 Å². The fourth-order valence-corrected chi connectivity index (χ4v) is 2.91. The summed E-state index contributed by atoms with van der Waals surface area (Å²) in [7, 11) is 0. The molecule has 26 heavy (non-hydrogen) atoms. The van der Waals surface area contributed by atoms with Gasteiger partial charge in [0.25, 0.3) is 0 Å². The summed E-state index contributed by atoms with van der Waals surface area (Å²) in [6.07, 6.45) is -0.125. The normalized spacial score (nSPS) is 17.6. The molecule has 5 heteroatoms. The van der Waals surface area contributed by atoms with Crippen LogP contribution in [0.1, 0.15) is 25.0 Å². The maximum atomic E-state index is 9.19. The molecule has 1 heterocycles. The van der Waals surface area contributed by atoms with Crippen LogP contribution in [0, 0.1) is 0 Å². The second-order valence-electron chi connectivity index (χ2n) is 7.02. The molecule has 2 aromatic carbocycles. The van der Waals surface area contributed by atoms with E-state index >= 15 is 0 Å². The van der Waals surface area contributed by atoms with Crippen molar-refractivity contribution < 1.29 is 19.3 Å². The molecule has 140 valence electrons. The van der Waals surface area contributed by atoms with Gasteiger partial charge in [-0.2, -0.15) is 0 Å². The third-order valence-corrected chi connectivity index (χ3v) is 5.01. The minimum atomic E-state index is -0.385. The summed E-state index contributed by atoms with van der Waals surface area (Å²) in [6.45, 7) is 5.69. The Morgan fingerprint density at radius 2 is 1.62 bits per heavy atom. The van der Waals surface area contributed by atoms with E-state index < -0.39 is 0 Å². The number of ether oxygens (including phenoxy) is 3. The quantitative estimate of drug-likeness (QED) is 0.534. The largest absolute Gasteiger partial charge is 0.491 e. The van der Waals surface area contributed by atoms with E-state index in [2.05, 4.69) is 26.0 Å². The number of halogens is 1. The molecule has 1 saturated heterocycles. The summed E-state index contributed by atoms with van der Waals surface area (Å²) in [6, 6.07) is 16.1. The average Bonchev–Trinajstić information content (AvgIpc) is 3.49. The first-order valence-corrected chi connectivity index (χ1v) is 9.35. The van der Waals surface area contributed by atoms with Gasteiger partial charge < -0.3 is 19.3 Å². The predicted octanol–water partition coefficient (Wildman–Crippen LogP) is 3.77. The van der Waals surface area contributed by atoms with E-state index in [1.54, 1.807) is 0 Å². The topological polar surface area (TPSA) is 51.2 Å². The lowest BCUT2D eigenvalue weighted by atomic mass is 9.78. The molecule has 1 fully saturated rings. The molecule has 0 aromatic heterocycles. The molecule has 0 amide bonds. The molecule has 0 aliphatic carbocycles. The van der Waals surface area contributed by atoms with Crippen LogP contribution in [0.2, 0.25) is 0 Å². The highest BCUT2D eigenvalue weighted by atomic mass is 35.5. The number of epoxide rings is 1. The molecular formula is C21H25ClO4. The first-order valence-electron chi connectivity index (χ1n) is 8.82. The van der Waals surface area contributed by atoms with Crippen molar-refractivity contribution in [3.05, 3.63) is 59.7 Å². The first-order chi connectivity index (χ1) is 12.5. The Morgan fingerprint density at radius 3 is 2.08 bits per heavy atom. The van der Waals surface area contributed by atoms with Gasteiger partial charge in [-0.25, -0.2) is 0 Å². The Bertz CT molecular complexity index is 689. The molecule has 0 bridgehead atoms. The summed E-state index contributed by atoms with van der Waals surface area (Å²) in [4.78, 5) is 0.